The molecule has 2 N–H and O–H groups in total. The number of nitrogens with zero attached hydrogens (tertiary/aromatic N) is 4. The molecule has 0 spiro atoms. The fourth-order valence-corrected chi connectivity index (χ4v) is 3.79. The first-order valence-electron chi connectivity index (χ1n) is 10.8. The Morgan fingerprint density at radius 1 is 1.00 bits per heavy atom. The van der Waals surface area contributed by atoms with Crippen molar-refractivity contribution < 1.29 is 18.0 Å². The van der Waals surface area contributed by atoms with Crippen molar-refractivity contribution in [3.05, 3.63) is 77.6 Å². The number of rotatable bonds is 5. The lowest BCUT2D eigenvalue weighted by atomic mass is 9.87. The number of halogens is 3. The van der Waals surface area contributed by atoms with Crippen LogP contribution in [0.15, 0.2) is 60.7 Å². The van der Waals surface area contributed by atoms with Crippen molar-refractivity contribution in [3.63, 3.8) is 0 Å². The molecule has 1 fully saturated rings. The molecule has 7 nitrogen and oxygen atoms in total. The van der Waals surface area contributed by atoms with Crippen LogP contribution in [0.4, 0.5) is 24.8 Å². The smallest absolute Gasteiger partial charge is 0.349 e. The number of hydrogen-bond acceptors (Lipinski definition) is 6. The number of anilines is 2. The predicted molar refractivity (Wildman–Crippen MR) is 121 cm³/mol. The summed E-state index contributed by atoms with van der Waals surface area (Å²) < 4.78 is 38.2. The molecule has 1 aliphatic rings. The Hall–Kier alpha value is -3.82. The number of carbonyl (C=O) groups is 1. The van der Waals surface area contributed by atoms with Crippen molar-refractivity contribution >= 4 is 23.1 Å². The molecule has 34 heavy (non-hydrogen) atoms. The molecular formula is C24H23F3N6O. The van der Waals surface area contributed by atoms with E-state index in [1.165, 1.54) is 11.6 Å². The topological polar surface area (TPSA) is 92.7 Å². The Balaban J connectivity index is 1.38. The van der Waals surface area contributed by atoms with Crippen LogP contribution in [-0.4, -0.2) is 31.9 Å². The number of nitrogens with one attached hydrogen (secondary N) is 2. The first-order chi connectivity index (χ1) is 16.3. The van der Waals surface area contributed by atoms with E-state index in [1.54, 1.807) is 36.8 Å². The summed E-state index contributed by atoms with van der Waals surface area (Å²) in [5.41, 5.74) is 1.91. The van der Waals surface area contributed by atoms with E-state index in [0.29, 0.717) is 17.2 Å². The quantitative estimate of drug-likeness (QED) is 0.536. The summed E-state index contributed by atoms with van der Waals surface area (Å²) in [5.74, 6) is 1.12. The van der Waals surface area contributed by atoms with Crippen molar-refractivity contribution in [1.82, 2.24) is 25.3 Å². The maximum atomic E-state index is 12.7. The third kappa shape index (κ3) is 5.75. The second-order valence-electron chi connectivity index (χ2n) is 8.04. The number of carbonyl (C=O) groups excluding carboxylic acids is 1. The Labute approximate surface area is 194 Å². The highest BCUT2D eigenvalue weighted by atomic mass is 19.4. The van der Waals surface area contributed by atoms with Crippen LogP contribution >= 0.6 is 0 Å². The molecule has 1 aliphatic carbocycles. The standard InChI is InChI=1S/C24H23F3N6O/c1-15(16-4-7-19(8-5-16)31-23(34)17-3-2-11-28-13-17)22-29-12-10-21(33-22)32-20-9-6-18(14-30-20)24(25,26)27/h2-3,6,9-14,19H,4-5,7-8H2,1H3,(H,31,34)(H,29,30,32,33). The number of aromatic nitrogens is 4. The van der Waals surface area contributed by atoms with Crippen molar-refractivity contribution in [2.45, 2.75) is 44.8 Å². The minimum Gasteiger partial charge on any atom is -0.349 e. The van der Waals surface area contributed by atoms with Crippen LogP contribution in [0.25, 0.3) is 5.57 Å². The molecule has 3 aromatic heterocycles. The zero-order valence-electron chi connectivity index (χ0n) is 18.4. The van der Waals surface area contributed by atoms with Gasteiger partial charge in [0.25, 0.3) is 5.91 Å². The summed E-state index contributed by atoms with van der Waals surface area (Å²) in [6.07, 6.45) is 4.37. The Bertz CT molecular complexity index is 1170. The van der Waals surface area contributed by atoms with Gasteiger partial charge in [-0.1, -0.05) is 5.57 Å². The monoisotopic (exact) mass is 468 g/mol. The van der Waals surface area contributed by atoms with E-state index in [-0.39, 0.29) is 17.8 Å². The zero-order chi connectivity index (χ0) is 24.1. The molecule has 0 radical (unpaired) electrons. The van der Waals surface area contributed by atoms with E-state index < -0.39 is 11.7 Å². The van der Waals surface area contributed by atoms with Crippen LogP contribution < -0.4 is 10.6 Å². The molecular weight excluding hydrogens is 445 g/mol. The Morgan fingerprint density at radius 3 is 2.44 bits per heavy atom. The fourth-order valence-electron chi connectivity index (χ4n) is 3.79. The van der Waals surface area contributed by atoms with E-state index in [0.717, 1.165) is 43.5 Å². The summed E-state index contributed by atoms with van der Waals surface area (Å²) >= 11 is 0. The molecule has 176 valence electrons. The minimum absolute atomic E-state index is 0.0870. The van der Waals surface area contributed by atoms with Crippen LogP contribution in [0.3, 0.4) is 0 Å². The van der Waals surface area contributed by atoms with Gasteiger partial charge in [-0.25, -0.2) is 15.0 Å². The van der Waals surface area contributed by atoms with Crippen molar-refractivity contribution in [1.29, 1.82) is 0 Å². The lowest BCUT2D eigenvalue weighted by Crippen LogP contribution is -2.36. The van der Waals surface area contributed by atoms with E-state index >= 15 is 0 Å². The van der Waals surface area contributed by atoms with Crippen molar-refractivity contribution in [2.75, 3.05) is 5.32 Å². The van der Waals surface area contributed by atoms with E-state index in [4.69, 9.17) is 0 Å². The number of alkyl halides is 3. The third-order valence-electron chi connectivity index (χ3n) is 5.72. The molecule has 0 aliphatic heterocycles. The van der Waals surface area contributed by atoms with E-state index in [1.807, 2.05) is 6.92 Å². The van der Waals surface area contributed by atoms with Crippen LogP contribution in [0, 0.1) is 0 Å². The number of hydrogen-bond donors (Lipinski definition) is 2. The van der Waals surface area contributed by atoms with Gasteiger partial charge >= 0.3 is 6.18 Å². The molecule has 10 heteroatoms. The van der Waals surface area contributed by atoms with Crippen LogP contribution in [-0.2, 0) is 6.18 Å². The van der Waals surface area contributed by atoms with Gasteiger partial charge in [0.15, 0.2) is 5.82 Å². The lowest BCUT2D eigenvalue weighted by molar-refractivity contribution is -0.137. The number of amides is 1. The Kier molecular flexibility index (Phi) is 6.85. The summed E-state index contributed by atoms with van der Waals surface area (Å²) in [7, 11) is 0. The summed E-state index contributed by atoms with van der Waals surface area (Å²) in [4.78, 5) is 29.0. The number of pyridine rings is 2. The third-order valence-corrected chi connectivity index (χ3v) is 5.72. The van der Waals surface area contributed by atoms with Crippen molar-refractivity contribution in [3.8, 4) is 0 Å². The molecule has 4 rings (SSSR count). The van der Waals surface area contributed by atoms with Gasteiger partial charge in [-0.05, 0) is 68.5 Å². The first kappa shape index (κ1) is 23.3. The summed E-state index contributed by atoms with van der Waals surface area (Å²) in [5, 5.41) is 5.98. The average Bonchev–Trinajstić information content (AvgIpc) is 2.84. The molecule has 1 saturated carbocycles. The Morgan fingerprint density at radius 2 is 1.79 bits per heavy atom. The van der Waals surface area contributed by atoms with Gasteiger partial charge in [0.05, 0.1) is 11.1 Å². The molecule has 0 aromatic carbocycles. The maximum absolute atomic E-state index is 12.7. The summed E-state index contributed by atoms with van der Waals surface area (Å²) in [6, 6.07) is 7.41. The van der Waals surface area contributed by atoms with Gasteiger partial charge in [-0.2, -0.15) is 13.2 Å². The normalized spacial score (nSPS) is 16.1. The van der Waals surface area contributed by atoms with E-state index in [2.05, 4.69) is 30.6 Å². The minimum atomic E-state index is -4.43. The fraction of sp³-hybridized carbons (Fsp3) is 0.292. The van der Waals surface area contributed by atoms with Crippen LogP contribution in [0.5, 0.6) is 0 Å². The second kappa shape index (κ2) is 9.98. The molecule has 0 saturated heterocycles. The number of allylic oxidation sites excluding steroid dienone is 2. The van der Waals surface area contributed by atoms with Gasteiger partial charge in [-0.15, -0.1) is 0 Å². The van der Waals surface area contributed by atoms with Crippen LogP contribution in [0.2, 0.25) is 0 Å². The van der Waals surface area contributed by atoms with Crippen molar-refractivity contribution in [2.24, 2.45) is 0 Å². The SMILES string of the molecule is CC(=C1CCC(NC(=O)c2cccnc2)CC1)c1nccc(Nc2ccc(C(F)(F)F)cn2)n1. The highest BCUT2D eigenvalue weighted by molar-refractivity contribution is 5.94. The van der Waals surface area contributed by atoms with Gasteiger partial charge in [-0.3, -0.25) is 9.78 Å². The molecule has 0 bridgehead atoms. The van der Waals surface area contributed by atoms with Gasteiger partial charge in [0, 0.05) is 30.8 Å². The molecule has 1 amide bonds. The average molecular weight is 468 g/mol. The van der Waals surface area contributed by atoms with Gasteiger partial charge < -0.3 is 10.6 Å². The molecule has 0 unspecified atom stereocenters. The largest absolute Gasteiger partial charge is 0.417 e. The zero-order valence-corrected chi connectivity index (χ0v) is 18.4. The highest BCUT2D eigenvalue weighted by Crippen LogP contribution is 2.31. The van der Waals surface area contributed by atoms with Crippen LogP contribution in [0.1, 0.15) is 54.4 Å². The molecule has 3 heterocycles. The maximum Gasteiger partial charge on any atom is 0.417 e. The molecule has 3 aromatic rings. The highest BCUT2D eigenvalue weighted by Gasteiger charge is 2.30. The first-order valence-corrected chi connectivity index (χ1v) is 10.8. The second-order valence-corrected chi connectivity index (χ2v) is 8.04. The van der Waals surface area contributed by atoms with Gasteiger partial charge in [0.1, 0.15) is 11.6 Å². The predicted octanol–water partition coefficient (Wildman–Crippen LogP) is 5.18. The molecule has 0 atom stereocenters. The lowest BCUT2D eigenvalue weighted by Gasteiger charge is -2.26. The van der Waals surface area contributed by atoms with Gasteiger partial charge in [0.2, 0.25) is 0 Å². The summed E-state index contributed by atoms with van der Waals surface area (Å²) in [6.45, 7) is 1.96. The van der Waals surface area contributed by atoms with E-state index in [9.17, 15) is 18.0 Å².